The Bertz CT molecular complexity index is 1140. The number of benzene rings is 2. The van der Waals surface area contributed by atoms with Crippen molar-refractivity contribution in [2.24, 2.45) is 0 Å². The number of nitrogens with zero attached hydrogens (tertiary/aromatic N) is 2. The molecule has 2 heterocycles. The number of fused-ring (bicyclic) bond motifs is 1. The van der Waals surface area contributed by atoms with Gasteiger partial charge in [-0.15, -0.1) is 0 Å². The van der Waals surface area contributed by atoms with Crippen molar-refractivity contribution >= 4 is 22.5 Å². The van der Waals surface area contributed by atoms with Gasteiger partial charge in [-0.25, -0.2) is 4.39 Å². The summed E-state index contributed by atoms with van der Waals surface area (Å²) in [5, 5.41) is 14.9. The number of hydrogen-bond acceptors (Lipinski definition) is 4. The maximum absolute atomic E-state index is 14.9. The van der Waals surface area contributed by atoms with E-state index in [0.29, 0.717) is 28.6 Å². The Balaban J connectivity index is 1.63. The first-order chi connectivity index (χ1) is 15.4. The molecule has 1 aromatic heterocycles. The zero-order valence-corrected chi connectivity index (χ0v) is 18.1. The number of aromatic nitrogens is 1. The smallest absolute Gasteiger partial charge is 0.270 e. The van der Waals surface area contributed by atoms with E-state index in [1.807, 2.05) is 6.92 Å². The van der Waals surface area contributed by atoms with Crippen LogP contribution in [0.3, 0.4) is 0 Å². The Morgan fingerprint density at radius 2 is 2.00 bits per heavy atom. The van der Waals surface area contributed by atoms with Crippen LogP contribution in [0.4, 0.5) is 10.1 Å². The average molecular weight is 439 g/mol. The van der Waals surface area contributed by atoms with Crippen molar-refractivity contribution < 1.29 is 14.1 Å². The summed E-state index contributed by atoms with van der Waals surface area (Å²) >= 11 is 0. The molecule has 1 aliphatic heterocycles. The summed E-state index contributed by atoms with van der Waals surface area (Å²) in [7, 11) is 0. The first kappa shape index (κ1) is 22.0. The van der Waals surface area contributed by atoms with Crippen molar-refractivity contribution in [1.82, 2.24) is 15.2 Å². The summed E-state index contributed by atoms with van der Waals surface area (Å²) in [5.74, 6) is -1.14. The van der Waals surface area contributed by atoms with E-state index in [4.69, 9.17) is 0 Å². The second kappa shape index (κ2) is 9.48. The van der Waals surface area contributed by atoms with E-state index in [1.54, 1.807) is 24.4 Å². The number of non-ortho nitro benzene ring substituents is 1. The Kier molecular flexibility index (Phi) is 6.50. The zero-order chi connectivity index (χ0) is 22.7. The van der Waals surface area contributed by atoms with Crippen LogP contribution in [0.1, 0.15) is 41.9 Å². The summed E-state index contributed by atoms with van der Waals surface area (Å²) in [6.07, 6.45) is 4.15. The number of nitrogens with one attached hydrogen (secondary N) is 2. The van der Waals surface area contributed by atoms with E-state index in [2.05, 4.69) is 15.2 Å². The lowest BCUT2D eigenvalue weighted by Gasteiger charge is -2.19. The Hall–Kier alpha value is -3.26. The van der Waals surface area contributed by atoms with Gasteiger partial charge in [0.15, 0.2) is 0 Å². The van der Waals surface area contributed by atoms with Crippen LogP contribution < -0.4 is 5.32 Å². The molecule has 1 fully saturated rings. The van der Waals surface area contributed by atoms with Crippen LogP contribution in [-0.4, -0.2) is 46.9 Å². The lowest BCUT2D eigenvalue weighted by Crippen LogP contribution is -2.34. The molecule has 7 nitrogen and oxygen atoms in total. The normalized spacial score (nSPS) is 15.2. The highest BCUT2D eigenvalue weighted by Gasteiger charge is 2.25. The van der Waals surface area contributed by atoms with Crippen LogP contribution in [0.25, 0.3) is 10.9 Å². The monoisotopic (exact) mass is 438 g/mol. The van der Waals surface area contributed by atoms with Gasteiger partial charge in [0, 0.05) is 54.7 Å². The molecule has 4 rings (SSSR count). The molecule has 0 bridgehead atoms. The fourth-order valence-corrected chi connectivity index (χ4v) is 4.47. The maximum Gasteiger partial charge on any atom is 0.270 e. The molecule has 2 aromatic carbocycles. The van der Waals surface area contributed by atoms with Crippen molar-refractivity contribution in [3.8, 4) is 0 Å². The lowest BCUT2D eigenvalue weighted by atomic mass is 9.86. The minimum absolute atomic E-state index is 0.0446. The van der Waals surface area contributed by atoms with Crippen molar-refractivity contribution in [3.05, 3.63) is 75.2 Å². The highest BCUT2D eigenvalue weighted by atomic mass is 19.1. The molecule has 32 heavy (non-hydrogen) atoms. The van der Waals surface area contributed by atoms with E-state index in [1.165, 1.54) is 31.0 Å². The summed E-state index contributed by atoms with van der Waals surface area (Å²) in [6.45, 7) is 5.33. The topological polar surface area (TPSA) is 91.3 Å². The van der Waals surface area contributed by atoms with Crippen molar-refractivity contribution in [2.75, 3.05) is 26.2 Å². The van der Waals surface area contributed by atoms with Crippen LogP contribution in [0.15, 0.2) is 42.6 Å². The molecule has 1 amide bonds. The van der Waals surface area contributed by atoms with E-state index in [0.717, 1.165) is 25.2 Å². The van der Waals surface area contributed by atoms with Gasteiger partial charge in [-0.1, -0.05) is 17.7 Å². The quantitative estimate of drug-likeness (QED) is 0.406. The number of nitro benzene ring substituents is 1. The molecule has 2 N–H and O–H groups in total. The molecule has 3 aromatic rings. The molecule has 0 spiro atoms. The average Bonchev–Trinajstić information content (AvgIpc) is 3.43. The van der Waals surface area contributed by atoms with Crippen molar-refractivity contribution in [1.29, 1.82) is 0 Å². The number of likely N-dealkylation sites (tertiary alicyclic amines) is 1. The fraction of sp³-hybridized carbons (Fsp3) is 0.375. The maximum atomic E-state index is 14.9. The van der Waals surface area contributed by atoms with Gasteiger partial charge < -0.3 is 15.2 Å². The molecular weight excluding hydrogens is 411 g/mol. The molecule has 0 radical (unpaired) electrons. The van der Waals surface area contributed by atoms with Gasteiger partial charge in [-0.2, -0.15) is 0 Å². The molecule has 0 aliphatic carbocycles. The number of carbonyl (C=O) groups excluding carboxylic acids is 1. The third-order valence-electron chi connectivity index (χ3n) is 6.15. The SMILES string of the molecule is Cc1ccc(F)c([C@@H](CC(=O)NCCN2CCCC2)c2c[nH]c3ccc([N+](=O)[O-])cc23)c1. The Labute approximate surface area is 185 Å². The second-order valence-electron chi connectivity index (χ2n) is 8.41. The number of amides is 1. The molecule has 0 saturated carbocycles. The largest absolute Gasteiger partial charge is 0.361 e. The van der Waals surface area contributed by atoms with Gasteiger partial charge in [0.2, 0.25) is 5.91 Å². The molecule has 1 atom stereocenters. The fourth-order valence-electron chi connectivity index (χ4n) is 4.47. The molecule has 0 unspecified atom stereocenters. The van der Waals surface area contributed by atoms with Gasteiger partial charge in [0.1, 0.15) is 5.82 Å². The van der Waals surface area contributed by atoms with Crippen LogP contribution in [-0.2, 0) is 4.79 Å². The summed E-state index contributed by atoms with van der Waals surface area (Å²) in [5.41, 5.74) is 2.62. The number of aromatic amines is 1. The van der Waals surface area contributed by atoms with Gasteiger partial charge in [0.05, 0.1) is 4.92 Å². The summed E-state index contributed by atoms with van der Waals surface area (Å²) < 4.78 is 14.9. The minimum atomic E-state index is -0.572. The molecule has 168 valence electrons. The summed E-state index contributed by atoms with van der Waals surface area (Å²) in [6, 6.07) is 9.37. The highest BCUT2D eigenvalue weighted by molar-refractivity contribution is 5.87. The molecule has 1 aliphatic rings. The number of hydrogen-bond donors (Lipinski definition) is 2. The van der Waals surface area contributed by atoms with Gasteiger partial charge >= 0.3 is 0 Å². The standard InChI is InChI=1S/C24H27FN4O3/c1-16-4-6-22(25)19(12-16)18(14-24(30)26-8-11-28-9-2-3-10-28)21-15-27-23-7-5-17(29(31)32)13-20(21)23/h4-7,12-13,15,18,27H,2-3,8-11,14H2,1H3,(H,26,30)/t18-/m1/s1. The minimum Gasteiger partial charge on any atom is -0.361 e. The molecule has 1 saturated heterocycles. The predicted molar refractivity (Wildman–Crippen MR) is 121 cm³/mol. The highest BCUT2D eigenvalue weighted by Crippen LogP contribution is 2.36. The first-order valence-electron chi connectivity index (χ1n) is 10.9. The van der Waals surface area contributed by atoms with E-state index < -0.39 is 16.7 Å². The Morgan fingerprint density at radius 3 is 2.75 bits per heavy atom. The van der Waals surface area contributed by atoms with Gasteiger partial charge in [0.25, 0.3) is 5.69 Å². The van der Waals surface area contributed by atoms with E-state index >= 15 is 0 Å². The van der Waals surface area contributed by atoms with Gasteiger partial charge in [-0.05, 0) is 56.1 Å². The van der Waals surface area contributed by atoms with Crippen molar-refractivity contribution in [3.63, 3.8) is 0 Å². The third-order valence-corrected chi connectivity index (χ3v) is 6.15. The lowest BCUT2D eigenvalue weighted by molar-refractivity contribution is -0.384. The number of nitro groups is 1. The van der Waals surface area contributed by atoms with Crippen LogP contribution in [0.5, 0.6) is 0 Å². The molecule has 8 heteroatoms. The number of carbonyl (C=O) groups is 1. The van der Waals surface area contributed by atoms with Crippen LogP contribution >= 0.6 is 0 Å². The third kappa shape index (κ3) is 4.80. The number of aryl methyl sites for hydroxylation is 1. The van der Waals surface area contributed by atoms with E-state index in [9.17, 15) is 19.3 Å². The predicted octanol–water partition coefficient (Wildman–Crippen LogP) is 4.26. The summed E-state index contributed by atoms with van der Waals surface area (Å²) in [4.78, 5) is 29.1. The number of rotatable bonds is 8. The Morgan fingerprint density at radius 1 is 1.22 bits per heavy atom. The first-order valence-corrected chi connectivity index (χ1v) is 10.9. The second-order valence-corrected chi connectivity index (χ2v) is 8.41. The van der Waals surface area contributed by atoms with E-state index in [-0.39, 0.29) is 18.0 Å². The zero-order valence-electron chi connectivity index (χ0n) is 18.1. The van der Waals surface area contributed by atoms with Crippen LogP contribution in [0, 0.1) is 22.9 Å². The van der Waals surface area contributed by atoms with Crippen molar-refractivity contribution in [2.45, 2.75) is 32.1 Å². The number of H-pyrrole nitrogens is 1. The van der Waals surface area contributed by atoms with Crippen LogP contribution in [0.2, 0.25) is 0 Å². The van der Waals surface area contributed by atoms with Gasteiger partial charge in [-0.3, -0.25) is 14.9 Å². The molecular formula is C24H27FN4O3. The number of halogens is 1.